The molecule has 0 saturated heterocycles. The van der Waals surface area contributed by atoms with Gasteiger partial charge >= 0.3 is 0 Å². The molecule has 0 atom stereocenters. The lowest BCUT2D eigenvalue weighted by Crippen LogP contribution is -1.75. The van der Waals surface area contributed by atoms with E-state index in [0.717, 1.165) is 11.1 Å². The molecule has 0 fully saturated rings. The highest BCUT2D eigenvalue weighted by Gasteiger charge is 1.80. The first-order valence-corrected chi connectivity index (χ1v) is 3.21. The predicted octanol–water partition coefficient (Wildman–Crippen LogP) is 2.71. The number of allylic oxidation sites excluding steroid dienone is 5. The molecule has 0 radical (unpaired) electrons. The second-order valence-electron chi connectivity index (χ2n) is 2.11. The lowest BCUT2D eigenvalue weighted by Gasteiger charge is -1.87. The fraction of sp³-hybridized carbons (Fsp3) is 0.222. The maximum atomic E-state index is 6.93. The summed E-state index contributed by atoms with van der Waals surface area (Å²) in [6.45, 7) is 7.54. The topological polar surface area (TPSA) is 23.9 Å². The van der Waals surface area contributed by atoms with Gasteiger partial charge in [0, 0.05) is 6.21 Å². The average Bonchev–Trinajstić information content (AvgIpc) is 1.90. The molecular weight excluding hydrogens is 122 g/mol. The highest BCUT2D eigenvalue weighted by molar-refractivity contribution is 5.79. The summed E-state index contributed by atoms with van der Waals surface area (Å²) in [5, 5.41) is 6.93. The van der Waals surface area contributed by atoms with Gasteiger partial charge in [-0.15, -0.1) is 0 Å². The van der Waals surface area contributed by atoms with Crippen LogP contribution in [0.25, 0.3) is 0 Å². The lowest BCUT2D eigenvalue weighted by atomic mass is 10.2. The van der Waals surface area contributed by atoms with Crippen LogP contribution in [0, 0.1) is 5.41 Å². The van der Waals surface area contributed by atoms with Crippen molar-refractivity contribution in [2.45, 2.75) is 13.8 Å². The highest BCUT2D eigenvalue weighted by Crippen LogP contribution is 1.96. The van der Waals surface area contributed by atoms with E-state index in [0.29, 0.717) is 0 Å². The van der Waals surface area contributed by atoms with Gasteiger partial charge in [-0.05, 0) is 19.4 Å². The van der Waals surface area contributed by atoms with Crippen LogP contribution in [0.3, 0.4) is 0 Å². The van der Waals surface area contributed by atoms with Gasteiger partial charge in [0.15, 0.2) is 0 Å². The van der Waals surface area contributed by atoms with Crippen LogP contribution in [-0.2, 0) is 0 Å². The third-order valence-electron chi connectivity index (χ3n) is 1.06. The highest BCUT2D eigenvalue weighted by atomic mass is 14.3. The van der Waals surface area contributed by atoms with E-state index in [1.54, 1.807) is 0 Å². The van der Waals surface area contributed by atoms with Crippen LogP contribution in [-0.4, -0.2) is 6.21 Å². The van der Waals surface area contributed by atoms with E-state index in [1.165, 1.54) is 6.21 Å². The number of hydrogen-bond donors (Lipinski definition) is 1. The molecule has 0 aromatic carbocycles. The summed E-state index contributed by atoms with van der Waals surface area (Å²) in [5.74, 6) is 0. The van der Waals surface area contributed by atoms with Crippen molar-refractivity contribution in [1.29, 1.82) is 5.41 Å². The van der Waals surface area contributed by atoms with E-state index in [9.17, 15) is 0 Å². The molecule has 0 aliphatic heterocycles. The van der Waals surface area contributed by atoms with Crippen LogP contribution < -0.4 is 0 Å². The zero-order valence-electron chi connectivity index (χ0n) is 6.52. The molecule has 0 bridgehead atoms. The summed E-state index contributed by atoms with van der Waals surface area (Å²) in [4.78, 5) is 0. The van der Waals surface area contributed by atoms with Gasteiger partial charge in [-0.2, -0.15) is 0 Å². The Kier molecular flexibility index (Phi) is 4.21. The third kappa shape index (κ3) is 3.84. The molecule has 0 unspecified atom stereocenters. The predicted molar refractivity (Wildman–Crippen MR) is 46.5 cm³/mol. The molecule has 0 aromatic heterocycles. The van der Waals surface area contributed by atoms with E-state index in [2.05, 4.69) is 6.58 Å². The van der Waals surface area contributed by atoms with Gasteiger partial charge in [0.1, 0.15) is 0 Å². The summed E-state index contributed by atoms with van der Waals surface area (Å²) in [6.07, 6.45) is 6.96. The molecule has 10 heavy (non-hydrogen) atoms. The monoisotopic (exact) mass is 135 g/mol. The molecule has 0 aromatic rings. The third-order valence-corrected chi connectivity index (χ3v) is 1.06. The van der Waals surface area contributed by atoms with Crippen molar-refractivity contribution < 1.29 is 0 Å². The van der Waals surface area contributed by atoms with Gasteiger partial charge in [0.2, 0.25) is 0 Å². The van der Waals surface area contributed by atoms with Crippen molar-refractivity contribution in [2.75, 3.05) is 0 Å². The Morgan fingerprint density at radius 3 is 2.30 bits per heavy atom. The van der Waals surface area contributed by atoms with Crippen molar-refractivity contribution >= 4 is 6.21 Å². The molecule has 1 nitrogen and oxygen atoms in total. The largest absolute Gasteiger partial charge is 0.308 e. The minimum absolute atomic E-state index is 0.906. The summed E-state index contributed by atoms with van der Waals surface area (Å²) < 4.78 is 0. The van der Waals surface area contributed by atoms with Gasteiger partial charge in [-0.1, -0.05) is 30.4 Å². The first kappa shape index (κ1) is 8.89. The van der Waals surface area contributed by atoms with E-state index >= 15 is 0 Å². The summed E-state index contributed by atoms with van der Waals surface area (Å²) >= 11 is 0. The molecule has 0 aliphatic rings. The maximum absolute atomic E-state index is 6.93. The number of nitrogens with one attached hydrogen (secondary N) is 1. The van der Waals surface area contributed by atoms with Crippen molar-refractivity contribution in [2.24, 2.45) is 0 Å². The normalized spacial score (nSPS) is 12.0. The summed E-state index contributed by atoms with van der Waals surface area (Å²) in [5.41, 5.74) is 1.91. The fourth-order valence-corrected chi connectivity index (χ4v) is 0.466. The Morgan fingerprint density at radius 1 is 1.40 bits per heavy atom. The van der Waals surface area contributed by atoms with Crippen LogP contribution in [0.2, 0.25) is 0 Å². The summed E-state index contributed by atoms with van der Waals surface area (Å²) in [7, 11) is 0. The van der Waals surface area contributed by atoms with Crippen molar-refractivity contribution in [3.05, 3.63) is 36.0 Å². The average molecular weight is 135 g/mol. The fourth-order valence-electron chi connectivity index (χ4n) is 0.466. The van der Waals surface area contributed by atoms with Crippen LogP contribution >= 0.6 is 0 Å². The second-order valence-corrected chi connectivity index (χ2v) is 2.11. The Labute approximate surface area is 62.3 Å². The van der Waals surface area contributed by atoms with E-state index < -0.39 is 0 Å². The Balaban J connectivity index is 4.11. The van der Waals surface area contributed by atoms with Gasteiger partial charge in [-0.3, -0.25) is 0 Å². The van der Waals surface area contributed by atoms with Gasteiger partial charge in [-0.25, -0.2) is 0 Å². The molecule has 0 spiro atoms. The van der Waals surface area contributed by atoms with Gasteiger partial charge in [0.05, 0.1) is 0 Å². The minimum atomic E-state index is 0.906. The van der Waals surface area contributed by atoms with E-state index in [-0.39, 0.29) is 0 Å². The molecule has 0 amide bonds. The first-order chi connectivity index (χ1) is 4.70. The number of rotatable bonds is 3. The minimum Gasteiger partial charge on any atom is -0.308 e. The molecular formula is C9H13N. The molecule has 1 heteroatoms. The maximum Gasteiger partial charge on any atom is 0.0246 e. The van der Waals surface area contributed by atoms with Crippen molar-refractivity contribution in [3.63, 3.8) is 0 Å². The van der Waals surface area contributed by atoms with Crippen LogP contribution in [0.15, 0.2) is 36.0 Å². The SMILES string of the molecule is C=C(C)/C=C\C(C=N)=CC. The molecule has 0 heterocycles. The summed E-state index contributed by atoms with van der Waals surface area (Å²) in [6, 6.07) is 0. The van der Waals surface area contributed by atoms with Crippen LogP contribution in [0.4, 0.5) is 0 Å². The molecule has 0 saturated carbocycles. The Morgan fingerprint density at radius 2 is 2.00 bits per heavy atom. The molecule has 0 rings (SSSR count). The van der Waals surface area contributed by atoms with Crippen LogP contribution in [0.1, 0.15) is 13.8 Å². The first-order valence-electron chi connectivity index (χ1n) is 3.21. The second kappa shape index (κ2) is 4.74. The van der Waals surface area contributed by atoms with E-state index in [1.807, 2.05) is 32.1 Å². The zero-order valence-corrected chi connectivity index (χ0v) is 6.52. The number of hydrogen-bond acceptors (Lipinski definition) is 1. The zero-order chi connectivity index (χ0) is 7.98. The molecule has 1 N–H and O–H groups in total. The molecule has 54 valence electrons. The van der Waals surface area contributed by atoms with E-state index in [4.69, 9.17) is 5.41 Å². The quantitative estimate of drug-likeness (QED) is 0.454. The Hall–Kier alpha value is -1.11. The Bertz CT molecular complexity index is 185. The van der Waals surface area contributed by atoms with Crippen molar-refractivity contribution in [1.82, 2.24) is 0 Å². The van der Waals surface area contributed by atoms with Crippen LogP contribution in [0.5, 0.6) is 0 Å². The van der Waals surface area contributed by atoms with Gasteiger partial charge < -0.3 is 5.41 Å². The smallest absolute Gasteiger partial charge is 0.0246 e. The molecule has 0 aliphatic carbocycles. The van der Waals surface area contributed by atoms with Gasteiger partial charge in [0.25, 0.3) is 0 Å². The standard InChI is InChI=1S/C9H13N/c1-4-9(7-10)6-5-8(2)3/h4-7,10H,2H2,1,3H3/b6-5-,9-4?,10-7?. The van der Waals surface area contributed by atoms with Crippen molar-refractivity contribution in [3.8, 4) is 0 Å². The lowest BCUT2D eigenvalue weighted by molar-refractivity contribution is 1.51.